The van der Waals surface area contributed by atoms with Crippen LogP contribution in [0.1, 0.15) is 18.5 Å². The number of carbonyl (C=O) groups is 1. The first-order valence-corrected chi connectivity index (χ1v) is 8.41. The Bertz CT molecular complexity index is 804. The number of hydrogen-bond acceptors (Lipinski definition) is 6. The number of hydrogen-bond donors (Lipinski definition) is 2. The van der Waals surface area contributed by atoms with Gasteiger partial charge in [0.2, 0.25) is 6.41 Å². The van der Waals surface area contributed by atoms with Crippen LogP contribution >= 0.6 is 0 Å². The highest BCUT2D eigenvalue weighted by atomic mass is 19.1. The van der Waals surface area contributed by atoms with Gasteiger partial charge in [-0.25, -0.2) is 14.4 Å². The Morgan fingerprint density at radius 3 is 2.92 bits per heavy atom. The monoisotopic (exact) mass is 354 g/mol. The van der Waals surface area contributed by atoms with Crippen molar-refractivity contribution < 1.29 is 9.18 Å². The lowest BCUT2D eigenvalue weighted by molar-refractivity contribution is -0.109. The summed E-state index contributed by atoms with van der Waals surface area (Å²) in [6.45, 7) is 2.23. The summed E-state index contributed by atoms with van der Waals surface area (Å²) in [5, 5.41) is 15.0. The standard InChI is InChI=1S/C18H19FN6O/c19-14-3-5-15(6-4-14)23-18-16(8-20)22-10-17(24-18)25-7-1-2-13(11-25)9-21-12-26/h3-6,10,12-13H,1-2,7,9,11H2,(H,21,26)(H,23,24). The van der Waals surface area contributed by atoms with Crippen LogP contribution in [0.4, 0.5) is 21.7 Å². The van der Waals surface area contributed by atoms with Crippen molar-refractivity contribution >= 4 is 23.7 Å². The van der Waals surface area contributed by atoms with Crippen LogP contribution < -0.4 is 15.5 Å². The number of anilines is 3. The van der Waals surface area contributed by atoms with Crippen molar-refractivity contribution in [2.45, 2.75) is 12.8 Å². The molecule has 1 fully saturated rings. The largest absolute Gasteiger partial charge is 0.358 e. The molecule has 2 aromatic rings. The lowest BCUT2D eigenvalue weighted by Crippen LogP contribution is -2.40. The van der Waals surface area contributed by atoms with Crippen LogP contribution in [0.25, 0.3) is 0 Å². The number of nitrogens with zero attached hydrogens (tertiary/aromatic N) is 4. The van der Waals surface area contributed by atoms with Gasteiger partial charge in [-0.05, 0) is 43.0 Å². The number of rotatable bonds is 6. The molecule has 3 rings (SSSR count). The van der Waals surface area contributed by atoms with E-state index in [1.54, 1.807) is 18.3 Å². The molecule has 1 atom stereocenters. The van der Waals surface area contributed by atoms with Gasteiger partial charge < -0.3 is 15.5 Å². The Morgan fingerprint density at radius 2 is 2.19 bits per heavy atom. The molecular formula is C18H19FN6O. The quantitative estimate of drug-likeness (QED) is 0.773. The first-order valence-electron chi connectivity index (χ1n) is 8.41. The Hall–Kier alpha value is -3.21. The molecule has 2 heterocycles. The number of nitriles is 1. The van der Waals surface area contributed by atoms with Gasteiger partial charge >= 0.3 is 0 Å². The zero-order valence-corrected chi connectivity index (χ0v) is 14.2. The van der Waals surface area contributed by atoms with Crippen molar-refractivity contribution in [1.82, 2.24) is 15.3 Å². The van der Waals surface area contributed by atoms with Gasteiger partial charge in [0.15, 0.2) is 11.5 Å². The third-order valence-electron chi connectivity index (χ3n) is 4.31. The van der Waals surface area contributed by atoms with E-state index in [4.69, 9.17) is 0 Å². The molecule has 134 valence electrons. The van der Waals surface area contributed by atoms with Gasteiger partial charge in [-0.2, -0.15) is 5.26 Å². The molecule has 1 aliphatic heterocycles. The fourth-order valence-electron chi connectivity index (χ4n) is 3.03. The maximum absolute atomic E-state index is 13.1. The Kier molecular flexibility index (Phi) is 5.59. The molecule has 8 heteroatoms. The minimum absolute atomic E-state index is 0.175. The van der Waals surface area contributed by atoms with Crippen LogP contribution in [0, 0.1) is 23.1 Å². The zero-order valence-electron chi connectivity index (χ0n) is 14.2. The van der Waals surface area contributed by atoms with Crippen LogP contribution in [-0.4, -0.2) is 36.0 Å². The Balaban J connectivity index is 1.79. The normalized spacial score (nSPS) is 16.6. The van der Waals surface area contributed by atoms with E-state index in [9.17, 15) is 14.4 Å². The van der Waals surface area contributed by atoms with Gasteiger partial charge in [-0.3, -0.25) is 4.79 Å². The van der Waals surface area contributed by atoms with Gasteiger partial charge in [-0.1, -0.05) is 0 Å². The molecular weight excluding hydrogens is 335 g/mol. The predicted molar refractivity (Wildman–Crippen MR) is 95.4 cm³/mol. The van der Waals surface area contributed by atoms with E-state index in [1.165, 1.54) is 12.1 Å². The molecule has 0 bridgehead atoms. The van der Waals surface area contributed by atoms with Crippen LogP contribution in [-0.2, 0) is 4.79 Å². The Morgan fingerprint density at radius 1 is 1.38 bits per heavy atom. The Labute approximate surface area is 150 Å². The number of carbonyl (C=O) groups excluding carboxylic acids is 1. The number of benzene rings is 1. The van der Waals surface area contributed by atoms with Gasteiger partial charge in [0.1, 0.15) is 17.7 Å². The molecule has 2 N–H and O–H groups in total. The SMILES string of the molecule is N#Cc1ncc(N2CCCC(CNC=O)C2)nc1Nc1ccc(F)cc1. The summed E-state index contributed by atoms with van der Waals surface area (Å²) in [4.78, 5) is 21.3. The van der Waals surface area contributed by atoms with Crippen molar-refractivity contribution in [3.8, 4) is 6.07 Å². The van der Waals surface area contributed by atoms with E-state index in [-0.39, 0.29) is 11.5 Å². The number of aromatic nitrogens is 2. The maximum atomic E-state index is 13.1. The lowest BCUT2D eigenvalue weighted by atomic mass is 9.98. The fourth-order valence-corrected chi connectivity index (χ4v) is 3.03. The molecule has 1 aromatic heterocycles. The second-order valence-electron chi connectivity index (χ2n) is 6.15. The maximum Gasteiger partial charge on any atom is 0.207 e. The van der Waals surface area contributed by atoms with E-state index >= 15 is 0 Å². The van der Waals surface area contributed by atoms with E-state index in [2.05, 4.69) is 25.5 Å². The number of amides is 1. The van der Waals surface area contributed by atoms with Gasteiger partial charge in [0.25, 0.3) is 0 Å². The summed E-state index contributed by atoms with van der Waals surface area (Å²) in [6, 6.07) is 7.84. The molecule has 0 aliphatic carbocycles. The molecule has 26 heavy (non-hydrogen) atoms. The highest BCUT2D eigenvalue weighted by Gasteiger charge is 2.22. The van der Waals surface area contributed by atoms with Crippen molar-refractivity contribution in [3.05, 3.63) is 42.0 Å². The summed E-state index contributed by atoms with van der Waals surface area (Å²) in [5.41, 5.74) is 0.801. The summed E-state index contributed by atoms with van der Waals surface area (Å²) in [6.07, 6.45) is 4.34. The van der Waals surface area contributed by atoms with Crippen LogP contribution in [0.3, 0.4) is 0 Å². The summed E-state index contributed by atoms with van der Waals surface area (Å²) in [5.74, 6) is 1.02. The molecule has 1 saturated heterocycles. The summed E-state index contributed by atoms with van der Waals surface area (Å²) in [7, 11) is 0. The van der Waals surface area contributed by atoms with Gasteiger partial charge in [-0.15, -0.1) is 0 Å². The zero-order chi connectivity index (χ0) is 18.4. The average molecular weight is 354 g/mol. The number of halogens is 1. The van der Waals surface area contributed by atoms with E-state index in [1.807, 2.05) is 6.07 Å². The van der Waals surface area contributed by atoms with Crippen molar-refractivity contribution in [3.63, 3.8) is 0 Å². The van der Waals surface area contributed by atoms with Crippen LogP contribution in [0.2, 0.25) is 0 Å². The highest BCUT2D eigenvalue weighted by Crippen LogP contribution is 2.24. The second-order valence-corrected chi connectivity index (χ2v) is 6.15. The van der Waals surface area contributed by atoms with Crippen molar-refractivity contribution in [2.24, 2.45) is 5.92 Å². The van der Waals surface area contributed by atoms with Gasteiger partial charge in [0, 0.05) is 25.3 Å². The fraction of sp³-hybridized carbons (Fsp3) is 0.333. The topological polar surface area (TPSA) is 93.9 Å². The molecule has 7 nitrogen and oxygen atoms in total. The summed E-state index contributed by atoms with van der Waals surface area (Å²) < 4.78 is 13.1. The first-order chi connectivity index (χ1) is 12.7. The predicted octanol–water partition coefficient (Wildman–Crippen LogP) is 2.19. The van der Waals surface area contributed by atoms with E-state index in [0.717, 1.165) is 25.9 Å². The van der Waals surface area contributed by atoms with E-state index < -0.39 is 0 Å². The van der Waals surface area contributed by atoms with Crippen molar-refractivity contribution in [2.75, 3.05) is 29.9 Å². The molecule has 1 aromatic carbocycles. The number of piperidine rings is 1. The molecule has 1 amide bonds. The second kappa shape index (κ2) is 8.25. The molecule has 1 unspecified atom stereocenters. The molecule has 0 saturated carbocycles. The lowest BCUT2D eigenvalue weighted by Gasteiger charge is -2.33. The third-order valence-corrected chi connectivity index (χ3v) is 4.31. The van der Waals surface area contributed by atoms with Crippen LogP contribution in [0.5, 0.6) is 0 Å². The molecule has 1 aliphatic rings. The number of nitrogens with one attached hydrogen (secondary N) is 2. The molecule has 0 radical (unpaired) electrons. The smallest absolute Gasteiger partial charge is 0.207 e. The highest BCUT2D eigenvalue weighted by molar-refractivity contribution is 5.62. The molecule has 0 spiro atoms. The minimum Gasteiger partial charge on any atom is -0.358 e. The summed E-state index contributed by atoms with van der Waals surface area (Å²) >= 11 is 0. The van der Waals surface area contributed by atoms with Crippen molar-refractivity contribution in [1.29, 1.82) is 5.26 Å². The first kappa shape index (κ1) is 17.6. The average Bonchev–Trinajstić information content (AvgIpc) is 2.68. The van der Waals surface area contributed by atoms with Crippen LogP contribution in [0.15, 0.2) is 30.5 Å². The third kappa shape index (κ3) is 4.25. The van der Waals surface area contributed by atoms with Gasteiger partial charge in [0.05, 0.1) is 6.20 Å². The minimum atomic E-state index is -0.334. The van der Waals surface area contributed by atoms with E-state index in [0.29, 0.717) is 36.2 Å².